The summed E-state index contributed by atoms with van der Waals surface area (Å²) in [5, 5.41) is 6.72. The van der Waals surface area contributed by atoms with Gasteiger partial charge in [0.15, 0.2) is 17.5 Å². The zero-order valence-electron chi connectivity index (χ0n) is 17.8. The van der Waals surface area contributed by atoms with Gasteiger partial charge in [0.25, 0.3) is 0 Å². The maximum atomic E-state index is 11.8. The molecule has 1 aromatic heterocycles. The minimum absolute atomic E-state index is 0.256. The summed E-state index contributed by atoms with van der Waals surface area (Å²) < 4.78 is 16.9. The molecule has 1 amide bonds. The Hall–Kier alpha value is -3.16. The van der Waals surface area contributed by atoms with E-state index in [0.29, 0.717) is 38.7 Å². The van der Waals surface area contributed by atoms with E-state index < -0.39 is 0 Å². The number of rotatable bonds is 8. The molecular weight excluding hydrogens is 396 g/mol. The maximum Gasteiger partial charge on any atom is 0.222 e. The van der Waals surface area contributed by atoms with Gasteiger partial charge in [-0.25, -0.2) is 0 Å². The van der Waals surface area contributed by atoms with Crippen LogP contribution in [0.3, 0.4) is 0 Å². The lowest BCUT2D eigenvalue weighted by atomic mass is 10.2. The third-order valence-corrected chi connectivity index (χ3v) is 5.28. The number of guanidine groups is 1. The summed E-state index contributed by atoms with van der Waals surface area (Å²) in [6.45, 7) is 4.26. The summed E-state index contributed by atoms with van der Waals surface area (Å²) >= 11 is 0. The minimum atomic E-state index is 0.256. The molecule has 0 spiro atoms. The van der Waals surface area contributed by atoms with Crippen LogP contribution in [0, 0.1) is 0 Å². The Morgan fingerprint density at radius 2 is 2.03 bits per heavy atom. The van der Waals surface area contributed by atoms with Gasteiger partial charge in [0.05, 0.1) is 19.5 Å². The van der Waals surface area contributed by atoms with Crippen LogP contribution in [0.4, 0.5) is 5.69 Å². The number of hydrogen-bond donors (Lipinski definition) is 2. The van der Waals surface area contributed by atoms with Crippen LogP contribution in [-0.2, 0) is 11.2 Å². The van der Waals surface area contributed by atoms with Gasteiger partial charge in [-0.2, -0.15) is 0 Å². The number of hydrogen-bond acceptors (Lipinski definition) is 5. The van der Waals surface area contributed by atoms with Crippen molar-refractivity contribution in [2.75, 3.05) is 44.7 Å². The monoisotopic (exact) mass is 426 g/mol. The largest absolute Gasteiger partial charge is 0.490 e. The predicted molar refractivity (Wildman–Crippen MR) is 119 cm³/mol. The number of aliphatic imine (C=N–C) groups is 1. The van der Waals surface area contributed by atoms with Gasteiger partial charge in [-0.15, -0.1) is 0 Å². The van der Waals surface area contributed by atoms with Crippen molar-refractivity contribution in [3.63, 3.8) is 0 Å². The van der Waals surface area contributed by atoms with E-state index in [1.165, 1.54) is 0 Å². The Balaban J connectivity index is 1.36. The summed E-state index contributed by atoms with van der Waals surface area (Å²) in [5.74, 6) is 3.38. The first-order valence-corrected chi connectivity index (χ1v) is 11.0. The highest BCUT2D eigenvalue weighted by Crippen LogP contribution is 2.32. The van der Waals surface area contributed by atoms with Crippen molar-refractivity contribution in [3.8, 4) is 11.5 Å². The van der Waals surface area contributed by atoms with Crippen LogP contribution in [-0.4, -0.2) is 56.2 Å². The molecule has 0 unspecified atom stereocenters. The molecule has 0 aliphatic carbocycles. The van der Waals surface area contributed by atoms with Crippen molar-refractivity contribution in [2.24, 2.45) is 4.99 Å². The molecule has 1 aromatic carbocycles. The number of carbonyl (C=O) groups excluding carboxylic acids is 1. The zero-order chi connectivity index (χ0) is 21.3. The fraction of sp³-hybridized carbons (Fsp3) is 0.478. The summed E-state index contributed by atoms with van der Waals surface area (Å²) in [7, 11) is 0. The lowest BCUT2D eigenvalue weighted by molar-refractivity contribution is -0.127. The van der Waals surface area contributed by atoms with Crippen molar-refractivity contribution in [1.29, 1.82) is 0 Å². The number of fused-ring (bicyclic) bond motifs is 1. The fourth-order valence-electron chi connectivity index (χ4n) is 3.67. The van der Waals surface area contributed by atoms with Crippen LogP contribution < -0.4 is 20.1 Å². The quantitative estimate of drug-likeness (QED) is 0.383. The average molecular weight is 427 g/mol. The van der Waals surface area contributed by atoms with Crippen LogP contribution in [0.25, 0.3) is 0 Å². The van der Waals surface area contributed by atoms with Crippen LogP contribution in [0.2, 0.25) is 0 Å². The molecule has 0 radical (unpaired) electrons. The van der Waals surface area contributed by atoms with E-state index in [1.807, 2.05) is 35.2 Å². The number of benzene rings is 1. The number of furan rings is 1. The highest BCUT2D eigenvalue weighted by atomic mass is 16.5. The van der Waals surface area contributed by atoms with E-state index in [4.69, 9.17) is 18.9 Å². The van der Waals surface area contributed by atoms with E-state index in [9.17, 15) is 4.79 Å². The third-order valence-electron chi connectivity index (χ3n) is 5.28. The molecule has 2 aliphatic heterocycles. The van der Waals surface area contributed by atoms with Crippen LogP contribution in [0.15, 0.2) is 46.0 Å². The number of ether oxygens (including phenoxy) is 2. The first kappa shape index (κ1) is 21.1. The third kappa shape index (κ3) is 6.16. The first-order valence-electron chi connectivity index (χ1n) is 11.0. The molecule has 0 bridgehead atoms. The topological polar surface area (TPSA) is 88.3 Å². The molecule has 2 aliphatic rings. The second-order valence-electron chi connectivity index (χ2n) is 7.66. The second-order valence-corrected chi connectivity index (χ2v) is 7.66. The predicted octanol–water partition coefficient (Wildman–Crippen LogP) is 3.05. The van der Waals surface area contributed by atoms with Gasteiger partial charge >= 0.3 is 0 Å². The number of amides is 1. The fourth-order valence-corrected chi connectivity index (χ4v) is 3.67. The molecule has 31 heavy (non-hydrogen) atoms. The van der Waals surface area contributed by atoms with Crippen molar-refractivity contribution in [3.05, 3.63) is 42.4 Å². The SMILES string of the molecule is O=C1CCCN1CCCN=C(NCCc1ccco1)Nc1ccc2c(c1)OCCCO2. The van der Waals surface area contributed by atoms with Crippen molar-refractivity contribution >= 4 is 17.6 Å². The number of likely N-dealkylation sites (tertiary alicyclic amines) is 1. The molecule has 1 fully saturated rings. The van der Waals surface area contributed by atoms with Crippen molar-refractivity contribution in [2.45, 2.75) is 32.1 Å². The number of carbonyl (C=O) groups is 1. The summed E-state index contributed by atoms with van der Waals surface area (Å²) in [6.07, 6.45) is 5.79. The van der Waals surface area contributed by atoms with Gasteiger partial charge in [-0.05, 0) is 37.1 Å². The lowest BCUT2D eigenvalue weighted by Gasteiger charge is -2.16. The Morgan fingerprint density at radius 1 is 1.13 bits per heavy atom. The molecule has 8 heteroatoms. The Labute approximate surface area is 182 Å². The van der Waals surface area contributed by atoms with Crippen LogP contribution in [0.5, 0.6) is 11.5 Å². The van der Waals surface area contributed by atoms with Crippen molar-refractivity contribution < 1.29 is 18.7 Å². The normalized spacial score (nSPS) is 16.3. The zero-order valence-corrected chi connectivity index (χ0v) is 17.8. The van der Waals surface area contributed by atoms with E-state index >= 15 is 0 Å². The van der Waals surface area contributed by atoms with E-state index in [-0.39, 0.29) is 5.91 Å². The molecule has 4 rings (SSSR count). The van der Waals surface area contributed by atoms with Crippen LogP contribution in [0.1, 0.15) is 31.4 Å². The molecule has 8 nitrogen and oxygen atoms in total. The minimum Gasteiger partial charge on any atom is -0.490 e. The molecule has 1 saturated heterocycles. The number of nitrogens with one attached hydrogen (secondary N) is 2. The summed E-state index contributed by atoms with van der Waals surface area (Å²) in [5.41, 5.74) is 0.878. The maximum absolute atomic E-state index is 11.8. The first-order chi connectivity index (χ1) is 15.3. The summed E-state index contributed by atoms with van der Waals surface area (Å²) in [6, 6.07) is 9.67. The Kier molecular flexibility index (Phi) is 7.31. The molecule has 166 valence electrons. The smallest absolute Gasteiger partial charge is 0.222 e. The van der Waals surface area contributed by atoms with Gasteiger partial charge in [-0.1, -0.05) is 0 Å². The Bertz CT molecular complexity index is 882. The molecule has 0 atom stereocenters. The van der Waals surface area contributed by atoms with Gasteiger partial charge < -0.3 is 29.4 Å². The van der Waals surface area contributed by atoms with E-state index in [2.05, 4.69) is 10.6 Å². The van der Waals surface area contributed by atoms with Gasteiger partial charge in [0.1, 0.15) is 5.76 Å². The molecule has 0 saturated carbocycles. The van der Waals surface area contributed by atoms with Gasteiger partial charge in [0.2, 0.25) is 5.91 Å². The molecule has 3 heterocycles. The van der Waals surface area contributed by atoms with Gasteiger partial charge in [0, 0.05) is 57.2 Å². The van der Waals surface area contributed by atoms with E-state index in [0.717, 1.165) is 61.7 Å². The number of anilines is 1. The molecular formula is C23H30N4O4. The molecule has 2 N–H and O–H groups in total. The Morgan fingerprint density at radius 3 is 2.84 bits per heavy atom. The highest BCUT2D eigenvalue weighted by Gasteiger charge is 2.19. The standard InChI is InChI=1S/C23H30N4O4/c28-22-6-1-12-27(22)13-3-10-24-23(25-11-9-19-5-2-14-29-19)26-18-7-8-20-21(17-18)31-16-4-15-30-20/h2,5,7-8,14,17H,1,3-4,6,9-13,15-16H2,(H2,24,25,26). The number of nitrogens with zero attached hydrogens (tertiary/aromatic N) is 2. The van der Waals surface area contributed by atoms with E-state index in [1.54, 1.807) is 6.26 Å². The molecule has 2 aromatic rings. The van der Waals surface area contributed by atoms with Gasteiger partial charge in [-0.3, -0.25) is 9.79 Å². The van der Waals surface area contributed by atoms with Crippen molar-refractivity contribution in [1.82, 2.24) is 10.2 Å². The second kappa shape index (κ2) is 10.7. The summed E-state index contributed by atoms with van der Waals surface area (Å²) in [4.78, 5) is 18.4. The van der Waals surface area contributed by atoms with Crippen LogP contribution >= 0.6 is 0 Å². The highest BCUT2D eigenvalue weighted by molar-refractivity contribution is 5.94. The average Bonchev–Trinajstić information content (AvgIpc) is 3.37. The lowest BCUT2D eigenvalue weighted by Crippen LogP contribution is -2.33.